The fourth-order valence-electron chi connectivity index (χ4n) is 22.4. The molecule has 22 nitrogen and oxygen atoms in total. The number of ether oxygens (including phenoxy) is 4. The number of benzene rings is 7. The monoisotopic (exact) mass is 1890 g/mol. The summed E-state index contributed by atoms with van der Waals surface area (Å²) in [4.78, 5) is 93.4. The average molecular weight is 1900 g/mol. The number of aromatic nitrogens is 7. The minimum Gasteiger partial charge on any atom is -0.479 e. The molecule has 696 valence electrons. The third-order valence-electron chi connectivity index (χ3n) is 29.3. The maximum Gasteiger partial charge on any atom is 0.264 e. The number of nitrogens with two attached hydrogens (primary N) is 1. The lowest BCUT2D eigenvalue weighted by Gasteiger charge is -2.42. The largest absolute Gasteiger partial charge is 0.479 e. The van der Waals surface area contributed by atoms with Crippen LogP contribution in [-0.2, 0) is 44.9 Å². The van der Waals surface area contributed by atoms with E-state index >= 15 is 0 Å². The maximum absolute atomic E-state index is 13.6. The number of nitrogens with zero attached hydrogens (tertiary/aromatic N) is 10. The molecule has 2 aliphatic carbocycles. The SMILES string of the molecule is Nc1cc(-c2cc(Cl)cc3c2OC(C(=O)N2CCCCC2)C3)ccn1.O=C(C1Cc2cc(Cl)cc(-c3ccnc4[nH]c(-c5ccccc5)cc34)c2O1)N1CCCCC1.O=C(C1Cc2cc(Cl)cc(-c3ccnc4[nH]ccc34)c2O1)N1CCN(C2CCC(c3ccccc3)CC2)CC1.O=C(C1Cc2cc(Cl)cc(-c3ccnc4[nH]ccc34)c2O1)N1CCN(C2CCC(c3ccccc3)CC2)CC1. The third-order valence-corrected chi connectivity index (χ3v) is 30.2. The van der Waals surface area contributed by atoms with Crippen molar-refractivity contribution in [2.75, 3.05) is 84.3 Å². The molecule has 4 amide bonds. The first-order valence-corrected chi connectivity index (χ1v) is 49.9. The smallest absolute Gasteiger partial charge is 0.264 e. The molecule has 0 bridgehead atoms. The van der Waals surface area contributed by atoms with Crippen LogP contribution >= 0.6 is 46.4 Å². The molecular weight excluding hydrogens is 1790 g/mol. The number of nitrogens with one attached hydrogen (secondary N) is 3. The minimum atomic E-state index is -0.506. The van der Waals surface area contributed by atoms with Crippen molar-refractivity contribution in [2.45, 2.75) is 164 Å². The number of rotatable bonds is 13. The number of halogens is 4. The number of likely N-dealkylation sites (tertiary alicyclic amines) is 2. The fraction of sp³-hybridized carbons (Fsp3) is 0.345. The molecule has 10 aliphatic rings. The summed E-state index contributed by atoms with van der Waals surface area (Å²) in [6, 6.07) is 64.4. The van der Waals surface area contributed by atoms with E-state index in [0.717, 1.165) is 238 Å². The lowest BCUT2D eigenvalue weighted by atomic mass is 9.81. The molecule has 7 aromatic heterocycles. The van der Waals surface area contributed by atoms with Crippen molar-refractivity contribution < 1.29 is 38.1 Å². The molecule has 2 saturated carbocycles. The van der Waals surface area contributed by atoms with E-state index in [-0.39, 0.29) is 23.6 Å². The molecule has 8 aliphatic heterocycles. The molecule has 5 N–H and O–H groups in total. The van der Waals surface area contributed by atoms with E-state index in [9.17, 15) is 19.2 Å². The Bertz CT molecular complexity index is 6490. The van der Waals surface area contributed by atoms with E-state index in [4.69, 9.17) is 71.1 Å². The molecule has 6 fully saturated rings. The van der Waals surface area contributed by atoms with Crippen molar-refractivity contribution in [3.63, 3.8) is 0 Å². The van der Waals surface area contributed by atoms with Gasteiger partial charge in [0.05, 0.1) is 0 Å². The molecular formula is C110H110Cl4N14O8. The number of nitrogen functional groups attached to an aromatic ring is 1. The Labute approximate surface area is 811 Å². The number of piperidine rings is 2. The van der Waals surface area contributed by atoms with E-state index in [1.165, 1.54) is 75.3 Å². The van der Waals surface area contributed by atoms with Crippen LogP contribution in [-0.4, -0.2) is 203 Å². The predicted molar refractivity (Wildman–Crippen MR) is 537 cm³/mol. The first-order valence-electron chi connectivity index (χ1n) is 48.4. The van der Waals surface area contributed by atoms with Crippen molar-refractivity contribution in [2.24, 2.45) is 0 Å². The van der Waals surface area contributed by atoms with Gasteiger partial charge in [0.2, 0.25) is 0 Å². The molecule has 0 spiro atoms. The second-order valence-corrected chi connectivity index (χ2v) is 39.4. The highest BCUT2D eigenvalue weighted by atomic mass is 35.5. The second kappa shape index (κ2) is 40.2. The Morgan fingerprint density at radius 2 is 0.669 bits per heavy atom. The normalized spacial score (nSPS) is 21.4. The summed E-state index contributed by atoms with van der Waals surface area (Å²) in [6.45, 7) is 10.1. The summed E-state index contributed by atoms with van der Waals surface area (Å²) in [5, 5.41) is 5.58. The Kier molecular flexibility index (Phi) is 26.7. The van der Waals surface area contributed by atoms with Gasteiger partial charge >= 0.3 is 0 Å². The fourth-order valence-corrected chi connectivity index (χ4v) is 23.3. The van der Waals surface area contributed by atoms with Gasteiger partial charge in [0.25, 0.3) is 23.6 Å². The Morgan fingerprint density at radius 3 is 1.06 bits per heavy atom. The van der Waals surface area contributed by atoms with Gasteiger partial charge in [-0.1, -0.05) is 137 Å². The first-order chi connectivity index (χ1) is 66.6. The van der Waals surface area contributed by atoms with Gasteiger partial charge in [0.15, 0.2) is 24.4 Å². The number of piperazine rings is 2. The number of H-pyrrole nitrogens is 3. The number of carbonyl (C=O) groups excluding carboxylic acids is 4. The third kappa shape index (κ3) is 19.2. The number of pyridine rings is 4. The molecule has 24 rings (SSSR count). The zero-order chi connectivity index (χ0) is 92.4. The van der Waals surface area contributed by atoms with Gasteiger partial charge in [-0.2, -0.15) is 0 Å². The van der Waals surface area contributed by atoms with Gasteiger partial charge in [0.1, 0.15) is 45.8 Å². The lowest BCUT2D eigenvalue weighted by Crippen LogP contribution is -2.54. The standard InChI is InChI=1S/2C32H33ClN4O2.C27H24ClN3O2.C19H20ClN3O2/c2*33-24-18-23-19-29(39-30(23)28(20-24)26-10-12-34-31-27(26)11-13-35-31)32(38)37-16-14-36(15-17-37)25-8-6-22(7-9-25)21-4-2-1-3-5-21;28-19-13-18-14-24(27(32)31-11-5-2-6-12-31)33-25(18)21(15-19)20-9-10-29-26-22(20)16-23(30-26)17-7-3-1-4-8-17;20-14-8-13-9-16(19(24)23-6-2-1-3-7-23)25-18(13)15(11-14)12-4-5-22-17(21)10-12/h2*1-5,10-13,18,20,22,25,29H,6-9,14-17,19H2,(H,34,35);1,3-4,7-10,13,15-16,24H,2,5-6,11-12,14H2,(H,29,30);4-5,8,10-11,16H,1-3,6-7,9H2,(H2,21,22). The number of fused-ring (bicyclic) bond motifs is 7. The number of hydrogen-bond donors (Lipinski definition) is 4. The van der Waals surface area contributed by atoms with Crippen LogP contribution < -0.4 is 24.7 Å². The Hall–Kier alpha value is -12.3. The maximum atomic E-state index is 13.6. The number of carbonyl (C=O) groups is 4. The highest BCUT2D eigenvalue weighted by Crippen LogP contribution is 2.50. The molecule has 0 radical (unpaired) electrons. The number of hydrogen-bond acceptors (Lipinski definition) is 15. The molecule has 4 unspecified atom stereocenters. The van der Waals surface area contributed by atoms with E-state index in [1.807, 2.05) is 135 Å². The van der Waals surface area contributed by atoms with Crippen LogP contribution in [0.4, 0.5) is 5.82 Å². The zero-order valence-electron chi connectivity index (χ0n) is 76.0. The van der Waals surface area contributed by atoms with Crippen molar-refractivity contribution in [1.82, 2.24) is 64.3 Å². The van der Waals surface area contributed by atoms with E-state index in [0.29, 0.717) is 75.5 Å². The highest BCUT2D eigenvalue weighted by molar-refractivity contribution is 6.32. The summed E-state index contributed by atoms with van der Waals surface area (Å²) in [5.41, 5.74) is 24.7. The van der Waals surface area contributed by atoms with E-state index in [2.05, 4.69) is 124 Å². The van der Waals surface area contributed by atoms with Gasteiger partial charge in [-0.15, -0.1) is 0 Å². The van der Waals surface area contributed by atoms with Gasteiger partial charge in [0, 0.05) is 240 Å². The summed E-state index contributed by atoms with van der Waals surface area (Å²) >= 11 is 25.9. The second-order valence-electron chi connectivity index (χ2n) is 37.7. The average Bonchev–Trinajstić information content (AvgIpc) is 1.59. The van der Waals surface area contributed by atoms with Crippen LogP contribution in [0, 0.1) is 0 Å². The topological polar surface area (TPSA) is 250 Å². The van der Waals surface area contributed by atoms with E-state index in [1.54, 1.807) is 30.9 Å². The van der Waals surface area contributed by atoms with Crippen molar-refractivity contribution >= 4 is 109 Å². The van der Waals surface area contributed by atoms with Crippen molar-refractivity contribution in [3.05, 3.63) is 279 Å². The van der Waals surface area contributed by atoms with Crippen LogP contribution in [0.15, 0.2) is 225 Å². The number of aromatic amines is 3. The summed E-state index contributed by atoms with van der Waals surface area (Å²) < 4.78 is 25.2. The minimum absolute atomic E-state index is 0.0761. The molecule has 4 saturated heterocycles. The molecule has 14 aromatic rings. The molecule has 7 aromatic carbocycles. The Morgan fingerprint density at radius 1 is 0.324 bits per heavy atom. The van der Waals surface area contributed by atoms with Gasteiger partial charge in [-0.25, -0.2) is 19.9 Å². The van der Waals surface area contributed by atoms with Crippen LogP contribution in [0.1, 0.15) is 135 Å². The van der Waals surface area contributed by atoms with Gasteiger partial charge in [-0.3, -0.25) is 29.0 Å². The summed E-state index contributed by atoms with van der Waals surface area (Å²) in [6.07, 6.45) is 27.6. The number of amides is 4. The van der Waals surface area contributed by atoms with Crippen LogP contribution in [0.2, 0.25) is 20.1 Å². The van der Waals surface area contributed by atoms with Crippen LogP contribution in [0.3, 0.4) is 0 Å². The quantitative estimate of drug-likeness (QED) is 0.0838. The first kappa shape index (κ1) is 90.2. The predicted octanol–water partition coefficient (Wildman–Crippen LogP) is 21.3. The van der Waals surface area contributed by atoms with Crippen LogP contribution in [0.5, 0.6) is 23.0 Å². The molecule has 15 heterocycles. The van der Waals surface area contributed by atoms with Crippen molar-refractivity contribution in [1.29, 1.82) is 0 Å². The lowest BCUT2D eigenvalue weighted by molar-refractivity contribution is -0.140. The number of anilines is 1. The zero-order valence-corrected chi connectivity index (χ0v) is 79.0. The van der Waals surface area contributed by atoms with Crippen LogP contribution in [0.25, 0.3) is 88.9 Å². The Balaban J connectivity index is 0.000000110. The van der Waals surface area contributed by atoms with Gasteiger partial charge in [-0.05, 0) is 238 Å². The molecule has 26 heteroatoms. The molecule has 136 heavy (non-hydrogen) atoms. The van der Waals surface area contributed by atoms with Gasteiger partial charge < -0.3 is 59.2 Å². The van der Waals surface area contributed by atoms with Crippen molar-refractivity contribution in [3.8, 4) is 78.8 Å². The molecule has 4 atom stereocenters. The summed E-state index contributed by atoms with van der Waals surface area (Å²) in [5.74, 6) is 5.15. The van der Waals surface area contributed by atoms with E-state index < -0.39 is 24.4 Å². The highest BCUT2D eigenvalue weighted by Gasteiger charge is 2.43. The summed E-state index contributed by atoms with van der Waals surface area (Å²) in [7, 11) is 0.